The Labute approximate surface area is 146 Å². The Balaban J connectivity index is 1.85. The molecule has 7 nitrogen and oxygen atoms in total. The van der Waals surface area contributed by atoms with Crippen LogP contribution in [0.1, 0.15) is 11.6 Å². The first-order valence-electron chi connectivity index (χ1n) is 7.57. The summed E-state index contributed by atoms with van der Waals surface area (Å²) in [6.45, 7) is -0.602. The van der Waals surface area contributed by atoms with Crippen LogP contribution in [0.4, 0.5) is 30.6 Å². The summed E-state index contributed by atoms with van der Waals surface area (Å²) in [6.07, 6.45) is 4.11. The Morgan fingerprint density at radius 3 is 2.69 bits per heavy atom. The fourth-order valence-corrected chi connectivity index (χ4v) is 2.31. The van der Waals surface area contributed by atoms with E-state index in [-0.39, 0.29) is 17.3 Å². The highest BCUT2D eigenvalue weighted by Gasteiger charge is 2.19. The molecule has 10 heteroatoms. The zero-order valence-electron chi connectivity index (χ0n) is 13.6. The number of halogens is 3. The number of aromatic nitrogens is 4. The normalized spacial score (nSPS) is 12.0. The highest BCUT2D eigenvalue weighted by Crippen LogP contribution is 2.24. The van der Waals surface area contributed by atoms with Gasteiger partial charge in [0.05, 0.1) is 30.7 Å². The van der Waals surface area contributed by atoms with E-state index >= 15 is 0 Å². The summed E-state index contributed by atoms with van der Waals surface area (Å²) in [6, 6.07) is 1.72. The lowest BCUT2D eigenvalue weighted by molar-refractivity contribution is 0.273. The Kier molecular flexibility index (Phi) is 5.03. The van der Waals surface area contributed by atoms with Crippen molar-refractivity contribution in [2.45, 2.75) is 6.04 Å². The van der Waals surface area contributed by atoms with E-state index in [1.807, 2.05) is 0 Å². The molecule has 0 bridgehead atoms. The Bertz CT molecular complexity index is 917. The monoisotopic (exact) mass is 364 g/mol. The van der Waals surface area contributed by atoms with E-state index in [4.69, 9.17) is 0 Å². The van der Waals surface area contributed by atoms with Crippen molar-refractivity contribution in [1.29, 1.82) is 0 Å². The molecular weight excluding hydrogens is 349 g/mol. The predicted molar refractivity (Wildman–Crippen MR) is 88.3 cm³/mol. The van der Waals surface area contributed by atoms with Crippen LogP contribution in [-0.2, 0) is 7.05 Å². The van der Waals surface area contributed by atoms with E-state index in [9.17, 15) is 18.3 Å². The lowest BCUT2D eigenvalue weighted by Gasteiger charge is -2.18. The number of benzene rings is 1. The molecule has 1 atom stereocenters. The highest BCUT2D eigenvalue weighted by atomic mass is 19.1. The number of hydrogen-bond donors (Lipinski definition) is 3. The molecule has 1 aromatic carbocycles. The van der Waals surface area contributed by atoms with Gasteiger partial charge in [0.2, 0.25) is 5.95 Å². The molecule has 0 fully saturated rings. The van der Waals surface area contributed by atoms with E-state index in [1.54, 1.807) is 17.9 Å². The van der Waals surface area contributed by atoms with Crippen LogP contribution in [0.15, 0.2) is 36.8 Å². The van der Waals surface area contributed by atoms with Crippen molar-refractivity contribution in [2.75, 3.05) is 17.2 Å². The van der Waals surface area contributed by atoms with E-state index in [0.717, 1.165) is 24.4 Å². The van der Waals surface area contributed by atoms with Gasteiger partial charge in [0.25, 0.3) is 0 Å². The van der Waals surface area contributed by atoms with Crippen molar-refractivity contribution in [3.63, 3.8) is 0 Å². The first-order valence-corrected chi connectivity index (χ1v) is 7.57. The van der Waals surface area contributed by atoms with Gasteiger partial charge in [0, 0.05) is 18.8 Å². The molecule has 2 heterocycles. The number of aryl methyl sites for hydroxylation is 1. The van der Waals surface area contributed by atoms with E-state index in [2.05, 4.69) is 25.7 Å². The van der Waals surface area contributed by atoms with Gasteiger partial charge in [0.15, 0.2) is 11.6 Å². The maximum Gasteiger partial charge on any atom is 0.229 e. The fourth-order valence-electron chi connectivity index (χ4n) is 2.31. The second-order valence-electron chi connectivity index (χ2n) is 5.46. The van der Waals surface area contributed by atoms with Gasteiger partial charge in [-0.25, -0.2) is 18.2 Å². The lowest BCUT2D eigenvalue weighted by atomic mass is 10.1. The maximum atomic E-state index is 14.0. The van der Waals surface area contributed by atoms with Crippen LogP contribution in [0.5, 0.6) is 0 Å². The number of hydrogen-bond acceptors (Lipinski definition) is 6. The Hall–Kier alpha value is -3.14. The number of rotatable bonds is 6. The summed E-state index contributed by atoms with van der Waals surface area (Å²) in [7, 11) is 1.73. The largest absolute Gasteiger partial charge is 0.394 e. The topological polar surface area (TPSA) is 87.9 Å². The SMILES string of the molecule is Cn1cc(Nc2ncc(F)c(N[C@H](CO)c3cc(F)ccc3F)n2)cn1. The van der Waals surface area contributed by atoms with Gasteiger partial charge in [0.1, 0.15) is 11.6 Å². The minimum absolute atomic E-state index is 0.0679. The van der Waals surface area contributed by atoms with E-state index < -0.39 is 30.1 Å². The van der Waals surface area contributed by atoms with Crippen LogP contribution in [0.25, 0.3) is 0 Å². The molecule has 3 rings (SSSR count). The maximum absolute atomic E-state index is 14.0. The van der Waals surface area contributed by atoms with Crippen molar-refractivity contribution >= 4 is 17.5 Å². The molecule has 0 aliphatic carbocycles. The molecule has 3 aromatic rings. The molecule has 0 aliphatic rings. The summed E-state index contributed by atoms with van der Waals surface area (Å²) in [5, 5.41) is 18.9. The molecule has 0 saturated heterocycles. The average Bonchev–Trinajstić information content (AvgIpc) is 3.02. The molecule has 0 saturated carbocycles. The first kappa shape index (κ1) is 17.7. The molecule has 0 unspecified atom stereocenters. The molecule has 26 heavy (non-hydrogen) atoms. The minimum Gasteiger partial charge on any atom is -0.394 e. The third kappa shape index (κ3) is 3.91. The quantitative estimate of drug-likeness (QED) is 0.623. The molecule has 0 radical (unpaired) electrons. The van der Waals surface area contributed by atoms with E-state index in [0.29, 0.717) is 5.69 Å². The summed E-state index contributed by atoms with van der Waals surface area (Å²) in [5.41, 5.74) is 0.437. The summed E-state index contributed by atoms with van der Waals surface area (Å²) >= 11 is 0. The minimum atomic E-state index is -1.10. The van der Waals surface area contributed by atoms with Crippen molar-refractivity contribution in [2.24, 2.45) is 7.05 Å². The van der Waals surface area contributed by atoms with Crippen molar-refractivity contribution in [3.8, 4) is 0 Å². The number of aliphatic hydroxyl groups is 1. The van der Waals surface area contributed by atoms with Gasteiger partial charge in [-0.05, 0) is 18.2 Å². The molecule has 2 aromatic heterocycles. The van der Waals surface area contributed by atoms with Crippen LogP contribution in [-0.4, -0.2) is 31.5 Å². The van der Waals surface area contributed by atoms with Gasteiger partial charge in [-0.15, -0.1) is 0 Å². The highest BCUT2D eigenvalue weighted by molar-refractivity contribution is 5.53. The van der Waals surface area contributed by atoms with Gasteiger partial charge in [-0.2, -0.15) is 10.1 Å². The summed E-state index contributed by atoms with van der Waals surface area (Å²) < 4.78 is 42.9. The van der Waals surface area contributed by atoms with E-state index in [1.165, 1.54) is 6.20 Å². The first-order chi connectivity index (χ1) is 12.5. The zero-order valence-corrected chi connectivity index (χ0v) is 13.6. The van der Waals surface area contributed by atoms with Crippen LogP contribution in [0.2, 0.25) is 0 Å². The zero-order chi connectivity index (χ0) is 18.7. The van der Waals surface area contributed by atoms with Crippen molar-refractivity contribution in [3.05, 3.63) is 59.8 Å². The second-order valence-corrected chi connectivity index (χ2v) is 5.46. The van der Waals surface area contributed by atoms with Crippen molar-refractivity contribution in [1.82, 2.24) is 19.7 Å². The van der Waals surface area contributed by atoms with Gasteiger partial charge in [-0.1, -0.05) is 0 Å². The van der Waals surface area contributed by atoms with Crippen LogP contribution in [0.3, 0.4) is 0 Å². The third-order valence-corrected chi connectivity index (χ3v) is 3.53. The number of nitrogens with one attached hydrogen (secondary N) is 2. The molecule has 3 N–H and O–H groups in total. The van der Waals surface area contributed by atoms with Gasteiger partial charge in [-0.3, -0.25) is 4.68 Å². The molecule has 136 valence electrons. The summed E-state index contributed by atoms with van der Waals surface area (Å²) in [5.74, 6) is -2.42. The second kappa shape index (κ2) is 7.40. The fraction of sp³-hybridized carbons (Fsp3) is 0.188. The van der Waals surface area contributed by atoms with Gasteiger partial charge >= 0.3 is 0 Å². The molecule has 0 aliphatic heterocycles. The van der Waals surface area contributed by atoms with Gasteiger partial charge < -0.3 is 15.7 Å². The predicted octanol–water partition coefficient (Wildman–Crippen LogP) is 2.52. The molecule has 0 spiro atoms. The molecule has 0 amide bonds. The number of anilines is 3. The third-order valence-electron chi connectivity index (χ3n) is 3.53. The standard InChI is InChI=1S/C16H15F3N6O/c1-25-7-10(5-21-25)22-16-20-6-13(19)15(24-16)23-14(8-26)11-4-9(17)2-3-12(11)18/h2-7,14,26H,8H2,1H3,(H2,20,22,23,24)/t14-/m1/s1. The molecular formula is C16H15F3N6O. The number of aliphatic hydroxyl groups excluding tert-OH is 1. The Morgan fingerprint density at radius 1 is 1.19 bits per heavy atom. The Morgan fingerprint density at radius 2 is 2.00 bits per heavy atom. The smallest absolute Gasteiger partial charge is 0.229 e. The number of nitrogens with zero attached hydrogens (tertiary/aromatic N) is 4. The van der Waals surface area contributed by atoms with Crippen molar-refractivity contribution < 1.29 is 18.3 Å². The lowest BCUT2D eigenvalue weighted by Crippen LogP contribution is -2.18. The van der Waals surface area contributed by atoms with Crippen LogP contribution < -0.4 is 10.6 Å². The average molecular weight is 364 g/mol. The van der Waals surface area contributed by atoms with Crippen LogP contribution >= 0.6 is 0 Å². The van der Waals surface area contributed by atoms with Crippen LogP contribution in [0, 0.1) is 17.5 Å². The summed E-state index contributed by atoms with van der Waals surface area (Å²) in [4.78, 5) is 7.78.